The molecule has 0 spiro atoms. The van der Waals surface area contributed by atoms with E-state index >= 15 is 0 Å². The van der Waals surface area contributed by atoms with Crippen molar-refractivity contribution in [3.05, 3.63) is 35.6 Å². The van der Waals surface area contributed by atoms with Gasteiger partial charge in [-0.25, -0.2) is 4.39 Å². The molecular formula is C15H19FN2O2. The summed E-state index contributed by atoms with van der Waals surface area (Å²) in [7, 11) is 0. The highest BCUT2D eigenvalue weighted by molar-refractivity contribution is 5.84. The van der Waals surface area contributed by atoms with Gasteiger partial charge < -0.3 is 10.2 Å². The Bertz CT molecular complexity index is 485. The number of nitrogens with zero attached hydrogens (tertiary/aromatic N) is 1. The maximum absolute atomic E-state index is 13.0. The zero-order valence-corrected chi connectivity index (χ0v) is 11.4. The number of hydrogen-bond acceptors (Lipinski definition) is 2. The molecular weight excluding hydrogens is 259 g/mol. The maximum atomic E-state index is 13.0. The molecule has 1 heterocycles. The Morgan fingerprint density at radius 1 is 1.25 bits per heavy atom. The van der Waals surface area contributed by atoms with Crippen LogP contribution in [0.4, 0.5) is 4.39 Å². The summed E-state index contributed by atoms with van der Waals surface area (Å²) in [5, 5.41) is 2.62. The molecule has 1 saturated heterocycles. The molecule has 0 bridgehead atoms. The summed E-state index contributed by atoms with van der Waals surface area (Å²) < 4.78 is 13.0. The number of carbonyl (C=O) groups is 2. The van der Waals surface area contributed by atoms with Crippen molar-refractivity contribution in [2.75, 3.05) is 19.6 Å². The van der Waals surface area contributed by atoms with Crippen LogP contribution in [0, 0.1) is 5.82 Å². The first-order chi connectivity index (χ1) is 9.65. The van der Waals surface area contributed by atoms with Crippen LogP contribution in [-0.4, -0.2) is 36.3 Å². The number of benzene rings is 1. The topological polar surface area (TPSA) is 49.4 Å². The highest BCUT2D eigenvalue weighted by Gasteiger charge is 2.17. The Morgan fingerprint density at radius 3 is 2.70 bits per heavy atom. The number of amides is 2. The third-order valence-electron chi connectivity index (χ3n) is 3.43. The number of hydrogen-bond donors (Lipinski definition) is 1. The molecule has 1 N–H and O–H groups in total. The molecule has 0 aromatic heterocycles. The van der Waals surface area contributed by atoms with Gasteiger partial charge >= 0.3 is 0 Å². The first-order valence-electron chi connectivity index (χ1n) is 6.94. The lowest BCUT2D eigenvalue weighted by molar-refractivity contribution is -0.132. The van der Waals surface area contributed by atoms with Gasteiger partial charge in [0.15, 0.2) is 0 Å². The Labute approximate surface area is 118 Å². The lowest BCUT2D eigenvalue weighted by atomic mass is 10.1. The van der Waals surface area contributed by atoms with Crippen molar-refractivity contribution in [3.8, 4) is 0 Å². The number of aryl methyl sites for hydroxylation is 1. The van der Waals surface area contributed by atoms with E-state index in [0.29, 0.717) is 6.42 Å². The van der Waals surface area contributed by atoms with Gasteiger partial charge in [-0.15, -0.1) is 0 Å². The molecule has 20 heavy (non-hydrogen) atoms. The van der Waals surface area contributed by atoms with Gasteiger partial charge in [-0.05, 0) is 37.0 Å². The van der Waals surface area contributed by atoms with Crippen LogP contribution in [0.2, 0.25) is 0 Å². The van der Waals surface area contributed by atoms with Gasteiger partial charge in [0.05, 0.1) is 6.54 Å². The molecule has 2 rings (SSSR count). The largest absolute Gasteiger partial charge is 0.347 e. The lowest BCUT2D eigenvalue weighted by Gasteiger charge is -2.15. The minimum atomic E-state index is -0.299. The molecule has 0 unspecified atom stereocenters. The number of nitrogens with one attached hydrogen (secondary N) is 1. The van der Waals surface area contributed by atoms with Crippen LogP contribution >= 0.6 is 0 Å². The van der Waals surface area contributed by atoms with Gasteiger partial charge in [-0.1, -0.05) is 12.1 Å². The fourth-order valence-electron chi connectivity index (χ4n) is 2.29. The number of halogens is 1. The third kappa shape index (κ3) is 4.33. The predicted octanol–water partition coefficient (Wildman–Crippen LogP) is 1.50. The first-order valence-corrected chi connectivity index (χ1v) is 6.94. The quantitative estimate of drug-likeness (QED) is 0.887. The minimum Gasteiger partial charge on any atom is -0.347 e. The van der Waals surface area contributed by atoms with Crippen LogP contribution in [-0.2, 0) is 16.0 Å². The van der Waals surface area contributed by atoms with Gasteiger partial charge in [0, 0.05) is 19.5 Å². The Balaban J connectivity index is 1.69. The molecule has 0 aliphatic carbocycles. The second kappa shape index (κ2) is 7.03. The van der Waals surface area contributed by atoms with Gasteiger partial charge in [0.1, 0.15) is 5.82 Å². The van der Waals surface area contributed by atoms with Crippen LogP contribution in [0.3, 0.4) is 0 Å². The fourth-order valence-corrected chi connectivity index (χ4v) is 2.29. The number of likely N-dealkylation sites (tertiary alicyclic amines) is 1. The van der Waals surface area contributed by atoms with Crippen molar-refractivity contribution in [2.45, 2.75) is 25.7 Å². The second-order valence-electron chi connectivity index (χ2n) is 4.99. The molecule has 2 amide bonds. The third-order valence-corrected chi connectivity index (χ3v) is 3.43. The van der Waals surface area contributed by atoms with E-state index < -0.39 is 0 Å². The molecule has 1 aliphatic heterocycles. The van der Waals surface area contributed by atoms with E-state index in [1.807, 2.05) is 0 Å². The minimum absolute atomic E-state index is 0.0263. The van der Waals surface area contributed by atoms with Gasteiger partial charge in [0.2, 0.25) is 11.8 Å². The van der Waals surface area contributed by atoms with Crippen LogP contribution < -0.4 is 5.32 Å². The van der Waals surface area contributed by atoms with Crippen molar-refractivity contribution in [3.63, 3.8) is 0 Å². The molecule has 1 aromatic carbocycles. The highest BCUT2D eigenvalue weighted by Crippen LogP contribution is 2.07. The SMILES string of the molecule is O=C(CCc1cccc(F)c1)NCC(=O)N1CCCC1. The van der Waals surface area contributed by atoms with Crippen molar-refractivity contribution < 1.29 is 14.0 Å². The van der Waals surface area contributed by atoms with E-state index in [9.17, 15) is 14.0 Å². The smallest absolute Gasteiger partial charge is 0.241 e. The molecule has 1 fully saturated rings. The van der Waals surface area contributed by atoms with Crippen molar-refractivity contribution in [2.24, 2.45) is 0 Å². The molecule has 1 aliphatic rings. The van der Waals surface area contributed by atoms with Crippen LogP contribution in [0.25, 0.3) is 0 Å². The van der Waals surface area contributed by atoms with E-state index in [4.69, 9.17) is 0 Å². The standard InChI is InChI=1S/C15H19FN2O2/c16-13-5-3-4-12(10-13)6-7-14(19)17-11-15(20)18-8-1-2-9-18/h3-5,10H,1-2,6-9,11H2,(H,17,19). The van der Waals surface area contributed by atoms with Crippen LogP contribution in [0.15, 0.2) is 24.3 Å². The van der Waals surface area contributed by atoms with Crippen LogP contribution in [0.1, 0.15) is 24.8 Å². The van der Waals surface area contributed by atoms with Crippen molar-refractivity contribution in [1.82, 2.24) is 10.2 Å². The fraction of sp³-hybridized carbons (Fsp3) is 0.467. The average molecular weight is 278 g/mol. The maximum Gasteiger partial charge on any atom is 0.241 e. The summed E-state index contributed by atoms with van der Waals surface area (Å²) in [6, 6.07) is 6.20. The molecule has 0 atom stereocenters. The monoisotopic (exact) mass is 278 g/mol. The Kier molecular flexibility index (Phi) is 5.09. The van der Waals surface area contributed by atoms with Crippen molar-refractivity contribution >= 4 is 11.8 Å². The number of carbonyl (C=O) groups excluding carboxylic acids is 2. The Hall–Kier alpha value is -1.91. The average Bonchev–Trinajstić information content (AvgIpc) is 2.97. The highest BCUT2D eigenvalue weighted by atomic mass is 19.1. The van der Waals surface area contributed by atoms with E-state index in [2.05, 4.69) is 5.32 Å². The summed E-state index contributed by atoms with van der Waals surface area (Å²) in [6.07, 6.45) is 2.82. The Morgan fingerprint density at radius 2 is 2.00 bits per heavy atom. The molecule has 108 valence electrons. The van der Waals surface area contributed by atoms with E-state index in [-0.39, 0.29) is 30.6 Å². The molecule has 4 nitrogen and oxygen atoms in total. The predicted molar refractivity (Wildman–Crippen MR) is 73.5 cm³/mol. The normalized spacial score (nSPS) is 14.3. The summed E-state index contributed by atoms with van der Waals surface area (Å²) in [5.41, 5.74) is 0.783. The van der Waals surface area contributed by atoms with Gasteiger partial charge in [-0.2, -0.15) is 0 Å². The molecule has 5 heteroatoms. The summed E-state index contributed by atoms with van der Waals surface area (Å²) >= 11 is 0. The molecule has 1 aromatic rings. The van der Waals surface area contributed by atoms with Crippen LogP contribution in [0.5, 0.6) is 0 Å². The second-order valence-corrected chi connectivity index (χ2v) is 4.99. The lowest BCUT2D eigenvalue weighted by Crippen LogP contribution is -2.38. The summed E-state index contributed by atoms with van der Waals surface area (Å²) in [4.78, 5) is 25.1. The number of rotatable bonds is 5. The van der Waals surface area contributed by atoms with Gasteiger partial charge in [-0.3, -0.25) is 9.59 Å². The molecule has 0 saturated carbocycles. The van der Waals surface area contributed by atoms with Crippen molar-refractivity contribution in [1.29, 1.82) is 0 Å². The van der Waals surface area contributed by atoms with Gasteiger partial charge in [0.25, 0.3) is 0 Å². The first kappa shape index (κ1) is 14.5. The zero-order chi connectivity index (χ0) is 14.4. The summed E-state index contributed by atoms with van der Waals surface area (Å²) in [6.45, 7) is 1.64. The molecule has 0 radical (unpaired) electrons. The summed E-state index contributed by atoms with van der Waals surface area (Å²) in [5.74, 6) is -0.504. The zero-order valence-electron chi connectivity index (χ0n) is 11.4. The van der Waals surface area contributed by atoms with E-state index in [1.165, 1.54) is 12.1 Å². The van der Waals surface area contributed by atoms with E-state index in [0.717, 1.165) is 31.5 Å². The van der Waals surface area contributed by atoms with E-state index in [1.54, 1.807) is 17.0 Å².